The van der Waals surface area contributed by atoms with Gasteiger partial charge < -0.3 is 16.0 Å². The van der Waals surface area contributed by atoms with E-state index in [4.69, 9.17) is 17.3 Å². The predicted octanol–water partition coefficient (Wildman–Crippen LogP) is 2.17. The fraction of sp³-hybridized carbons (Fsp3) is 0.357. The summed E-state index contributed by atoms with van der Waals surface area (Å²) in [4.78, 5) is 22.2. The maximum atomic E-state index is 12.0. The number of nitrogens with one attached hydrogen (secondary N) is 1. The van der Waals surface area contributed by atoms with Gasteiger partial charge in [-0.25, -0.2) is 9.97 Å². The normalized spacial score (nSPS) is 15.8. The first-order chi connectivity index (χ1) is 10.6. The topological polar surface area (TPSA) is 84.1 Å². The quantitative estimate of drug-likeness (QED) is 0.896. The average Bonchev–Trinajstić information content (AvgIpc) is 3.05. The van der Waals surface area contributed by atoms with Gasteiger partial charge in [0.15, 0.2) is 5.82 Å². The number of carbonyl (C=O) groups is 1. The van der Waals surface area contributed by atoms with Crippen LogP contribution in [0.4, 0.5) is 11.6 Å². The van der Waals surface area contributed by atoms with E-state index < -0.39 is 0 Å². The highest BCUT2D eigenvalue weighted by atomic mass is 35.5. The van der Waals surface area contributed by atoms with Gasteiger partial charge in [0.05, 0.1) is 0 Å². The van der Waals surface area contributed by atoms with Crippen LogP contribution in [0.25, 0.3) is 0 Å². The minimum atomic E-state index is -0.0102. The summed E-state index contributed by atoms with van der Waals surface area (Å²) >= 11 is 7.68. The van der Waals surface area contributed by atoms with Crippen LogP contribution in [0.3, 0.4) is 0 Å². The number of nitrogen functional groups attached to an aromatic ring is 1. The molecule has 1 saturated heterocycles. The number of piperidine rings is 1. The van der Waals surface area contributed by atoms with E-state index in [-0.39, 0.29) is 11.9 Å². The molecule has 0 unspecified atom stereocenters. The lowest BCUT2D eigenvalue weighted by Crippen LogP contribution is -2.45. The number of thiophene rings is 1. The fourth-order valence-electron chi connectivity index (χ4n) is 2.49. The molecule has 0 atom stereocenters. The zero-order valence-corrected chi connectivity index (χ0v) is 13.4. The average molecular weight is 338 g/mol. The summed E-state index contributed by atoms with van der Waals surface area (Å²) in [5.41, 5.74) is 6.43. The number of aromatic nitrogens is 2. The second-order valence-corrected chi connectivity index (χ2v) is 6.30. The summed E-state index contributed by atoms with van der Waals surface area (Å²) in [5.74, 6) is 0.945. The number of carbonyl (C=O) groups excluding carboxylic acids is 1. The maximum Gasteiger partial charge on any atom is 0.252 e. The third-order valence-electron chi connectivity index (χ3n) is 3.71. The molecule has 3 heterocycles. The van der Waals surface area contributed by atoms with Crippen LogP contribution in [-0.2, 0) is 0 Å². The van der Waals surface area contributed by atoms with Gasteiger partial charge in [-0.05, 0) is 24.3 Å². The highest BCUT2D eigenvalue weighted by molar-refractivity contribution is 7.08. The van der Waals surface area contributed by atoms with Crippen LogP contribution in [0.5, 0.6) is 0 Å². The number of amides is 1. The summed E-state index contributed by atoms with van der Waals surface area (Å²) in [6.07, 6.45) is 3.10. The van der Waals surface area contributed by atoms with Crippen molar-refractivity contribution in [1.29, 1.82) is 0 Å². The first-order valence-corrected chi connectivity index (χ1v) is 8.31. The molecule has 0 bridgehead atoms. The van der Waals surface area contributed by atoms with Gasteiger partial charge in [-0.1, -0.05) is 11.6 Å². The predicted molar refractivity (Wildman–Crippen MR) is 88.5 cm³/mol. The first-order valence-electron chi connectivity index (χ1n) is 6.99. The van der Waals surface area contributed by atoms with Crippen LogP contribution in [0.15, 0.2) is 23.2 Å². The van der Waals surface area contributed by atoms with E-state index in [2.05, 4.69) is 20.2 Å². The molecular formula is C14H16ClN5OS. The lowest BCUT2D eigenvalue weighted by Gasteiger charge is -2.33. The number of nitrogens with zero attached hydrogens (tertiary/aromatic N) is 3. The summed E-state index contributed by atoms with van der Waals surface area (Å²) < 4.78 is 0. The molecule has 1 aliphatic heterocycles. The van der Waals surface area contributed by atoms with Crippen molar-refractivity contribution in [3.63, 3.8) is 0 Å². The molecule has 2 aromatic rings. The highest BCUT2D eigenvalue weighted by Crippen LogP contribution is 2.29. The fourth-order valence-corrected chi connectivity index (χ4v) is 3.35. The summed E-state index contributed by atoms with van der Waals surface area (Å²) in [5, 5.41) is 7.22. The van der Waals surface area contributed by atoms with Crippen molar-refractivity contribution in [2.45, 2.75) is 18.9 Å². The molecule has 1 aliphatic rings. The minimum absolute atomic E-state index is 0.0102. The molecule has 1 amide bonds. The van der Waals surface area contributed by atoms with Gasteiger partial charge in [0, 0.05) is 30.1 Å². The Morgan fingerprint density at radius 2 is 2.18 bits per heavy atom. The van der Waals surface area contributed by atoms with Gasteiger partial charge >= 0.3 is 0 Å². The van der Waals surface area contributed by atoms with Gasteiger partial charge in [-0.15, -0.1) is 0 Å². The van der Waals surface area contributed by atoms with Crippen LogP contribution in [0, 0.1) is 0 Å². The molecule has 0 aliphatic carbocycles. The van der Waals surface area contributed by atoms with Crippen LogP contribution >= 0.6 is 22.9 Å². The smallest absolute Gasteiger partial charge is 0.252 e. The van der Waals surface area contributed by atoms with E-state index >= 15 is 0 Å². The van der Waals surface area contributed by atoms with E-state index in [0.717, 1.165) is 31.5 Å². The molecule has 0 aromatic carbocycles. The second-order valence-electron chi connectivity index (χ2n) is 5.14. The van der Waals surface area contributed by atoms with Crippen molar-refractivity contribution in [3.8, 4) is 0 Å². The maximum absolute atomic E-state index is 12.0. The largest absolute Gasteiger partial charge is 0.382 e. The molecule has 0 spiro atoms. The molecule has 8 heteroatoms. The Morgan fingerprint density at radius 3 is 2.86 bits per heavy atom. The molecule has 1 fully saturated rings. The molecule has 22 heavy (non-hydrogen) atoms. The summed E-state index contributed by atoms with van der Waals surface area (Å²) in [6, 6.07) is 2.00. The lowest BCUT2D eigenvalue weighted by molar-refractivity contribution is 0.0931. The van der Waals surface area contributed by atoms with Crippen molar-refractivity contribution in [1.82, 2.24) is 15.3 Å². The number of halogens is 1. The molecule has 0 saturated carbocycles. The number of hydrogen-bond donors (Lipinski definition) is 2. The molecule has 0 radical (unpaired) electrons. The van der Waals surface area contributed by atoms with E-state index in [1.165, 1.54) is 17.7 Å². The Bertz CT molecular complexity index is 655. The highest BCUT2D eigenvalue weighted by Gasteiger charge is 2.24. The van der Waals surface area contributed by atoms with Crippen molar-refractivity contribution >= 4 is 40.5 Å². The van der Waals surface area contributed by atoms with Gasteiger partial charge in [-0.3, -0.25) is 4.79 Å². The number of rotatable bonds is 3. The summed E-state index contributed by atoms with van der Waals surface area (Å²) in [7, 11) is 0. The second kappa shape index (κ2) is 6.50. The molecule has 3 N–H and O–H groups in total. The monoisotopic (exact) mass is 337 g/mol. The van der Waals surface area contributed by atoms with Crippen LogP contribution < -0.4 is 16.0 Å². The Kier molecular flexibility index (Phi) is 4.44. The SMILES string of the molecule is Nc1ncnc(N2CCC(NC(=O)c3ccsc3)CC2)c1Cl. The molecule has 116 valence electrons. The number of nitrogens with two attached hydrogens (primary N) is 1. The third-order valence-corrected chi connectivity index (χ3v) is 4.76. The van der Waals surface area contributed by atoms with Crippen LogP contribution in [0.2, 0.25) is 5.02 Å². The number of anilines is 2. The van der Waals surface area contributed by atoms with Gasteiger partial charge in [0.1, 0.15) is 17.2 Å². The Hall–Kier alpha value is -1.86. The lowest BCUT2D eigenvalue weighted by atomic mass is 10.0. The standard InChI is InChI=1S/C14H16ClN5OS/c15-11-12(16)17-8-18-13(11)20-4-1-10(2-5-20)19-14(21)9-3-6-22-7-9/h3,6-8,10H,1-2,4-5H2,(H,19,21)(H2,16,17,18). The molecule has 2 aromatic heterocycles. The van der Waals surface area contributed by atoms with Gasteiger partial charge in [-0.2, -0.15) is 11.3 Å². The Morgan fingerprint density at radius 1 is 1.41 bits per heavy atom. The van der Waals surface area contributed by atoms with E-state index in [1.54, 1.807) is 0 Å². The van der Waals surface area contributed by atoms with Crippen LogP contribution in [0.1, 0.15) is 23.2 Å². The minimum Gasteiger partial charge on any atom is -0.382 e. The van der Waals surface area contributed by atoms with E-state index in [1.807, 2.05) is 16.8 Å². The third kappa shape index (κ3) is 3.15. The van der Waals surface area contributed by atoms with Crippen LogP contribution in [-0.4, -0.2) is 35.0 Å². The zero-order chi connectivity index (χ0) is 15.5. The van der Waals surface area contributed by atoms with Gasteiger partial charge in [0.25, 0.3) is 5.91 Å². The molecular weight excluding hydrogens is 322 g/mol. The molecule has 6 nitrogen and oxygen atoms in total. The zero-order valence-electron chi connectivity index (χ0n) is 11.8. The van der Waals surface area contributed by atoms with E-state index in [9.17, 15) is 4.79 Å². The first kappa shape index (κ1) is 15.1. The van der Waals surface area contributed by atoms with Crippen molar-refractivity contribution in [3.05, 3.63) is 33.7 Å². The molecule has 3 rings (SSSR count). The van der Waals surface area contributed by atoms with Crippen molar-refractivity contribution in [2.75, 3.05) is 23.7 Å². The summed E-state index contributed by atoms with van der Waals surface area (Å²) in [6.45, 7) is 1.54. The van der Waals surface area contributed by atoms with E-state index in [0.29, 0.717) is 16.7 Å². The van der Waals surface area contributed by atoms with Gasteiger partial charge in [0.2, 0.25) is 0 Å². The number of hydrogen-bond acceptors (Lipinski definition) is 6. The van der Waals surface area contributed by atoms with Crippen molar-refractivity contribution < 1.29 is 4.79 Å². The Labute approximate surface area is 137 Å². The Balaban J connectivity index is 1.58. The van der Waals surface area contributed by atoms with Crippen molar-refractivity contribution in [2.24, 2.45) is 0 Å².